The predicted molar refractivity (Wildman–Crippen MR) is 115 cm³/mol. The van der Waals surface area contributed by atoms with Crippen molar-refractivity contribution in [3.8, 4) is 22.1 Å². The van der Waals surface area contributed by atoms with Crippen molar-refractivity contribution in [3.63, 3.8) is 0 Å². The number of nitrogens with one attached hydrogen (secondary N) is 2. The largest absolute Gasteiger partial charge is 0.493 e. The quantitative estimate of drug-likeness (QED) is 0.564. The molecule has 0 saturated heterocycles. The van der Waals surface area contributed by atoms with Crippen molar-refractivity contribution in [1.82, 2.24) is 14.9 Å². The maximum absolute atomic E-state index is 12.8. The molecular formula is C20H25N3O4S2. The van der Waals surface area contributed by atoms with E-state index < -0.39 is 10.0 Å². The highest BCUT2D eigenvalue weighted by atomic mass is 32.2. The van der Waals surface area contributed by atoms with Crippen LogP contribution < -0.4 is 14.2 Å². The molecule has 0 aliphatic carbocycles. The third-order valence-electron chi connectivity index (χ3n) is 4.80. The molecule has 0 atom stereocenters. The van der Waals surface area contributed by atoms with E-state index in [-0.39, 0.29) is 6.54 Å². The van der Waals surface area contributed by atoms with Crippen LogP contribution in [0.1, 0.15) is 21.7 Å². The Labute approximate surface area is 175 Å². The number of ether oxygens (including phenoxy) is 2. The second-order valence-corrected chi connectivity index (χ2v) is 9.68. The van der Waals surface area contributed by atoms with Crippen LogP contribution in [-0.4, -0.2) is 39.4 Å². The number of hydrogen-bond donors (Lipinski definition) is 2. The molecule has 0 spiro atoms. The molecule has 0 aliphatic rings. The third-order valence-corrected chi connectivity index (χ3v) is 7.58. The van der Waals surface area contributed by atoms with Crippen molar-refractivity contribution in [2.75, 3.05) is 20.8 Å². The van der Waals surface area contributed by atoms with Crippen LogP contribution in [0.2, 0.25) is 0 Å². The van der Waals surface area contributed by atoms with Crippen LogP contribution in [0.15, 0.2) is 29.2 Å². The lowest BCUT2D eigenvalue weighted by Gasteiger charge is -2.10. The minimum absolute atomic E-state index is 0.281. The second kappa shape index (κ2) is 8.56. The number of thiophene rings is 1. The molecule has 0 amide bonds. The number of rotatable bonds is 8. The zero-order chi connectivity index (χ0) is 21.2. The summed E-state index contributed by atoms with van der Waals surface area (Å²) < 4.78 is 38.9. The number of sulfonamides is 1. The first-order valence-corrected chi connectivity index (χ1v) is 11.4. The van der Waals surface area contributed by atoms with E-state index in [2.05, 4.69) is 14.9 Å². The molecule has 156 valence electrons. The van der Waals surface area contributed by atoms with Gasteiger partial charge in [-0.05, 0) is 56.5 Å². The topological polar surface area (TPSA) is 93.3 Å². The van der Waals surface area contributed by atoms with Gasteiger partial charge < -0.3 is 9.47 Å². The Morgan fingerprint density at radius 3 is 2.45 bits per heavy atom. The van der Waals surface area contributed by atoms with Crippen molar-refractivity contribution in [3.05, 3.63) is 46.0 Å². The molecule has 9 heteroatoms. The van der Waals surface area contributed by atoms with E-state index in [9.17, 15) is 8.42 Å². The number of aryl methyl sites for hydroxylation is 2. The van der Waals surface area contributed by atoms with Gasteiger partial charge in [0.25, 0.3) is 0 Å². The van der Waals surface area contributed by atoms with Crippen molar-refractivity contribution in [1.29, 1.82) is 0 Å². The third kappa shape index (κ3) is 4.47. The van der Waals surface area contributed by atoms with Gasteiger partial charge in [-0.1, -0.05) is 6.07 Å². The van der Waals surface area contributed by atoms with E-state index in [0.717, 1.165) is 32.3 Å². The van der Waals surface area contributed by atoms with E-state index >= 15 is 0 Å². The van der Waals surface area contributed by atoms with Crippen molar-refractivity contribution in [2.24, 2.45) is 0 Å². The SMILES string of the molecule is COc1ccc(CCNS(=O)(=O)c2cc(-c3n[nH]c(C)c3C)sc2C)cc1OC. The summed E-state index contributed by atoms with van der Waals surface area (Å²) in [5.41, 5.74) is 3.75. The van der Waals surface area contributed by atoms with Crippen LogP contribution in [0, 0.1) is 20.8 Å². The number of methoxy groups -OCH3 is 2. The first kappa shape index (κ1) is 21.4. The molecule has 2 N–H and O–H groups in total. The smallest absolute Gasteiger partial charge is 0.241 e. The second-order valence-electron chi connectivity index (χ2n) is 6.69. The van der Waals surface area contributed by atoms with Crippen LogP contribution in [0.5, 0.6) is 11.5 Å². The number of benzene rings is 1. The summed E-state index contributed by atoms with van der Waals surface area (Å²) in [5.74, 6) is 1.26. The van der Waals surface area contributed by atoms with Crippen LogP contribution in [0.4, 0.5) is 0 Å². The molecule has 3 rings (SSSR count). The van der Waals surface area contributed by atoms with Gasteiger partial charge in [-0.2, -0.15) is 5.10 Å². The Hall–Kier alpha value is -2.36. The number of hydrogen-bond acceptors (Lipinski definition) is 6. The fraction of sp³-hybridized carbons (Fsp3) is 0.350. The lowest BCUT2D eigenvalue weighted by atomic mass is 10.1. The lowest BCUT2D eigenvalue weighted by molar-refractivity contribution is 0.354. The Balaban J connectivity index is 1.73. The van der Waals surface area contributed by atoms with E-state index in [0.29, 0.717) is 22.8 Å². The maximum atomic E-state index is 12.8. The average Bonchev–Trinajstić information content (AvgIpc) is 3.24. The van der Waals surface area contributed by atoms with Crippen LogP contribution in [0.3, 0.4) is 0 Å². The van der Waals surface area contributed by atoms with Crippen molar-refractivity contribution < 1.29 is 17.9 Å². The summed E-state index contributed by atoms with van der Waals surface area (Å²) in [6.45, 7) is 6.01. The summed E-state index contributed by atoms with van der Waals surface area (Å²) in [4.78, 5) is 1.87. The molecule has 2 aromatic heterocycles. The van der Waals surface area contributed by atoms with Gasteiger partial charge in [0.2, 0.25) is 10.0 Å². The fourth-order valence-electron chi connectivity index (χ4n) is 3.02. The van der Waals surface area contributed by atoms with Crippen molar-refractivity contribution in [2.45, 2.75) is 32.1 Å². The van der Waals surface area contributed by atoms with E-state index in [1.165, 1.54) is 11.3 Å². The number of H-pyrrole nitrogens is 1. The molecule has 0 unspecified atom stereocenters. The molecule has 0 radical (unpaired) electrons. The highest BCUT2D eigenvalue weighted by molar-refractivity contribution is 7.89. The standard InChI is InChI=1S/C20H25N3O4S2/c1-12-13(2)22-23-20(12)18-11-19(14(3)28-18)29(24,25)21-9-8-15-6-7-16(26-4)17(10-15)27-5/h6-7,10-11,21H,8-9H2,1-5H3,(H,22,23). The molecule has 0 fully saturated rings. The Bertz CT molecular complexity index is 1120. The molecule has 2 heterocycles. The molecule has 29 heavy (non-hydrogen) atoms. The van der Waals surface area contributed by atoms with Gasteiger partial charge in [-0.15, -0.1) is 11.3 Å². The van der Waals surface area contributed by atoms with Crippen LogP contribution >= 0.6 is 11.3 Å². The number of aromatic nitrogens is 2. The summed E-state index contributed by atoms with van der Waals surface area (Å²) in [5, 5.41) is 7.25. The van der Waals surface area contributed by atoms with Gasteiger partial charge >= 0.3 is 0 Å². The van der Waals surface area contributed by atoms with Gasteiger partial charge in [0.1, 0.15) is 5.69 Å². The zero-order valence-electron chi connectivity index (χ0n) is 17.1. The molecule has 0 aliphatic heterocycles. The highest BCUT2D eigenvalue weighted by Crippen LogP contribution is 2.34. The van der Waals surface area contributed by atoms with E-state index in [4.69, 9.17) is 9.47 Å². The van der Waals surface area contributed by atoms with Gasteiger partial charge in [-0.3, -0.25) is 5.10 Å². The summed E-state index contributed by atoms with van der Waals surface area (Å²) >= 11 is 1.43. The molecule has 0 saturated carbocycles. The van der Waals surface area contributed by atoms with E-state index in [1.807, 2.05) is 39.0 Å². The van der Waals surface area contributed by atoms with Gasteiger partial charge in [0.15, 0.2) is 11.5 Å². The molecular weight excluding hydrogens is 410 g/mol. The van der Waals surface area contributed by atoms with Gasteiger partial charge in [0.05, 0.1) is 24.0 Å². The number of nitrogens with zero attached hydrogens (tertiary/aromatic N) is 1. The first-order chi connectivity index (χ1) is 13.8. The molecule has 1 aromatic carbocycles. The van der Waals surface area contributed by atoms with Crippen LogP contribution in [0.25, 0.3) is 10.6 Å². The maximum Gasteiger partial charge on any atom is 0.241 e. The van der Waals surface area contributed by atoms with Crippen LogP contribution in [-0.2, 0) is 16.4 Å². The molecule has 3 aromatic rings. The monoisotopic (exact) mass is 435 g/mol. The minimum Gasteiger partial charge on any atom is -0.493 e. The van der Waals surface area contributed by atoms with E-state index in [1.54, 1.807) is 20.3 Å². The zero-order valence-corrected chi connectivity index (χ0v) is 18.8. The normalized spacial score (nSPS) is 11.6. The predicted octanol–water partition coefficient (Wildman–Crippen LogP) is 3.60. The Morgan fingerprint density at radius 2 is 1.83 bits per heavy atom. The lowest BCUT2D eigenvalue weighted by Crippen LogP contribution is -2.26. The van der Waals surface area contributed by atoms with Crippen molar-refractivity contribution >= 4 is 21.4 Å². The molecule has 0 bridgehead atoms. The summed E-state index contributed by atoms with van der Waals surface area (Å²) in [6.07, 6.45) is 0.535. The Kier molecular flexibility index (Phi) is 6.30. The molecule has 7 nitrogen and oxygen atoms in total. The minimum atomic E-state index is -3.62. The highest BCUT2D eigenvalue weighted by Gasteiger charge is 2.22. The summed E-state index contributed by atoms with van der Waals surface area (Å²) in [6, 6.07) is 7.25. The summed E-state index contributed by atoms with van der Waals surface area (Å²) in [7, 11) is -0.465. The average molecular weight is 436 g/mol. The first-order valence-electron chi connectivity index (χ1n) is 9.09. The Morgan fingerprint density at radius 1 is 1.10 bits per heavy atom. The number of aromatic amines is 1. The van der Waals surface area contributed by atoms with Gasteiger partial charge in [0, 0.05) is 17.1 Å². The van der Waals surface area contributed by atoms with Gasteiger partial charge in [-0.25, -0.2) is 13.1 Å². The fourth-order valence-corrected chi connectivity index (χ4v) is 5.69.